The van der Waals surface area contributed by atoms with Gasteiger partial charge in [0.1, 0.15) is 0 Å². The Morgan fingerprint density at radius 1 is 0.786 bits per heavy atom. The Hall–Kier alpha value is -2.03. The predicted octanol–water partition coefficient (Wildman–Crippen LogP) is 1.91. The summed E-state index contributed by atoms with van der Waals surface area (Å²) in [5.74, 6) is 0. The van der Waals surface area contributed by atoms with Crippen LogP contribution in [0.15, 0.2) is 42.7 Å². The zero-order chi connectivity index (χ0) is 9.97. The van der Waals surface area contributed by atoms with Crippen molar-refractivity contribution in [1.29, 1.82) is 0 Å². The van der Waals surface area contributed by atoms with Crippen molar-refractivity contribution in [3.05, 3.63) is 42.7 Å². The number of aromatic nitrogens is 1. The SMILES string of the molecule is Nc1ccc(-c2cncc(N)c2)cc1. The van der Waals surface area contributed by atoms with Gasteiger partial charge in [0.25, 0.3) is 0 Å². The summed E-state index contributed by atoms with van der Waals surface area (Å²) in [6.07, 6.45) is 3.41. The van der Waals surface area contributed by atoms with Gasteiger partial charge in [-0.3, -0.25) is 4.98 Å². The molecule has 0 fully saturated rings. The number of nitrogens with two attached hydrogens (primary N) is 2. The molecule has 4 N–H and O–H groups in total. The third kappa shape index (κ3) is 1.66. The molecule has 0 spiro atoms. The fourth-order valence-corrected chi connectivity index (χ4v) is 1.29. The molecular formula is C11H11N3. The number of nitrogens with zero attached hydrogens (tertiary/aromatic N) is 1. The molecule has 14 heavy (non-hydrogen) atoms. The van der Waals surface area contributed by atoms with Gasteiger partial charge in [-0.25, -0.2) is 0 Å². The molecule has 2 aromatic rings. The molecule has 0 bridgehead atoms. The first-order chi connectivity index (χ1) is 6.75. The van der Waals surface area contributed by atoms with E-state index in [1.54, 1.807) is 12.4 Å². The fourth-order valence-electron chi connectivity index (χ4n) is 1.29. The number of hydrogen-bond acceptors (Lipinski definition) is 3. The van der Waals surface area contributed by atoms with Gasteiger partial charge in [-0.05, 0) is 23.8 Å². The first-order valence-electron chi connectivity index (χ1n) is 4.32. The molecule has 0 saturated carbocycles. The van der Waals surface area contributed by atoms with E-state index in [4.69, 9.17) is 11.5 Å². The summed E-state index contributed by atoms with van der Waals surface area (Å²) < 4.78 is 0. The second-order valence-electron chi connectivity index (χ2n) is 3.13. The van der Waals surface area contributed by atoms with Crippen molar-refractivity contribution in [1.82, 2.24) is 4.98 Å². The third-order valence-electron chi connectivity index (χ3n) is 2.00. The Labute approximate surface area is 82.4 Å². The molecule has 0 aliphatic heterocycles. The van der Waals surface area contributed by atoms with Crippen LogP contribution >= 0.6 is 0 Å². The lowest BCUT2D eigenvalue weighted by Crippen LogP contribution is -1.88. The topological polar surface area (TPSA) is 64.9 Å². The van der Waals surface area contributed by atoms with Crippen molar-refractivity contribution >= 4 is 11.4 Å². The average Bonchev–Trinajstić information content (AvgIpc) is 2.19. The molecule has 3 nitrogen and oxygen atoms in total. The highest BCUT2D eigenvalue weighted by molar-refractivity contribution is 5.67. The van der Waals surface area contributed by atoms with Crippen LogP contribution in [0, 0.1) is 0 Å². The number of pyridine rings is 1. The van der Waals surface area contributed by atoms with Gasteiger partial charge in [0.05, 0.1) is 5.69 Å². The number of rotatable bonds is 1. The number of anilines is 2. The first kappa shape index (κ1) is 8.56. The Balaban J connectivity index is 2.44. The van der Waals surface area contributed by atoms with Crippen LogP contribution in [0.25, 0.3) is 11.1 Å². The highest BCUT2D eigenvalue weighted by Crippen LogP contribution is 2.20. The van der Waals surface area contributed by atoms with E-state index in [2.05, 4.69) is 4.98 Å². The van der Waals surface area contributed by atoms with E-state index >= 15 is 0 Å². The second kappa shape index (κ2) is 3.38. The van der Waals surface area contributed by atoms with Gasteiger partial charge in [0.2, 0.25) is 0 Å². The summed E-state index contributed by atoms with van der Waals surface area (Å²) in [4.78, 5) is 4.03. The van der Waals surface area contributed by atoms with Crippen molar-refractivity contribution in [2.45, 2.75) is 0 Å². The fraction of sp³-hybridized carbons (Fsp3) is 0. The summed E-state index contributed by atoms with van der Waals surface area (Å²) >= 11 is 0. The highest BCUT2D eigenvalue weighted by atomic mass is 14.7. The van der Waals surface area contributed by atoms with E-state index in [1.807, 2.05) is 30.3 Å². The third-order valence-corrected chi connectivity index (χ3v) is 2.00. The van der Waals surface area contributed by atoms with Crippen molar-refractivity contribution in [2.75, 3.05) is 11.5 Å². The van der Waals surface area contributed by atoms with Gasteiger partial charge < -0.3 is 11.5 Å². The Bertz CT molecular complexity index is 435. The van der Waals surface area contributed by atoms with Crippen LogP contribution in [0.1, 0.15) is 0 Å². The number of benzene rings is 1. The zero-order valence-corrected chi connectivity index (χ0v) is 7.64. The van der Waals surface area contributed by atoms with Crippen LogP contribution in [-0.2, 0) is 0 Å². The lowest BCUT2D eigenvalue weighted by molar-refractivity contribution is 1.33. The monoisotopic (exact) mass is 185 g/mol. The maximum absolute atomic E-state index is 5.64. The van der Waals surface area contributed by atoms with Crippen LogP contribution < -0.4 is 11.5 Å². The summed E-state index contributed by atoms with van der Waals surface area (Å²) in [6.45, 7) is 0. The van der Waals surface area contributed by atoms with E-state index in [9.17, 15) is 0 Å². The molecule has 1 aromatic heterocycles. The van der Waals surface area contributed by atoms with Crippen molar-refractivity contribution in [2.24, 2.45) is 0 Å². The number of hydrogen-bond donors (Lipinski definition) is 2. The first-order valence-corrected chi connectivity index (χ1v) is 4.32. The zero-order valence-electron chi connectivity index (χ0n) is 7.64. The minimum Gasteiger partial charge on any atom is -0.399 e. The summed E-state index contributed by atoms with van der Waals surface area (Å²) in [5.41, 5.74) is 14.7. The van der Waals surface area contributed by atoms with E-state index in [0.717, 1.165) is 16.8 Å². The van der Waals surface area contributed by atoms with E-state index in [0.29, 0.717) is 5.69 Å². The van der Waals surface area contributed by atoms with Crippen LogP contribution in [0.4, 0.5) is 11.4 Å². The van der Waals surface area contributed by atoms with Crippen molar-refractivity contribution < 1.29 is 0 Å². The van der Waals surface area contributed by atoms with Gasteiger partial charge in [-0.1, -0.05) is 12.1 Å². The molecule has 2 rings (SSSR count). The molecule has 0 saturated heterocycles. The minimum atomic E-state index is 0.666. The van der Waals surface area contributed by atoms with Crippen LogP contribution in [0.5, 0.6) is 0 Å². The van der Waals surface area contributed by atoms with Crippen LogP contribution in [-0.4, -0.2) is 4.98 Å². The molecule has 0 aliphatic carbocycles. The molecule has 3 heteroatoms. The van der Waals surface area contributed by atoms with E-state index in [1.165, 1.54) is 0 Å². The molecule has 0 radical (unpaired) electrons. The largest absolute Gasteiger partial charge is 0.399 e. The van der Waals surface area contributed by atoms with Gasteiger partial charge >= 0.3 is 0 Å². The quantitative estimate of drug-likeness (QED) is 0.667. The standard InChI is InChI=1S/C11H11N3/c12-10-3-1-8(2-4-10)9-5-11(13)7-14-6-9/h1-7H,12-13H2. The number of nitrogen functional groups attached to an aromatic ring is 2. The van der Waals surface area contributed by atoms with Gasteiger partial charge in [-0.15, -0.1) is 0 Å². The van der Waals surface area contributed by atoms with Gasteiger partial charge in [0.15, 0.2) is 0 Å². The van der Waals surface area contributed by atoms with E-state index in [-0.39, 0.29) is 0 Å². The average molecular weight is 185 g/mol. The van der Waals surface area contributed by atoms with Gasteiger partial charge in [0, 0.05) is 23.6 Å². The Morgan fingerprint density at radius 2 is 1.50 bits per heavy atom. The smallest absolute Gasteiger partial charge is 0.0506 e. The maximum Gasteiger partial charge on any atom is 0.0506 e. The lowest BCUT2D eigenvalue weighted by atomic mass is 10.1. The van der Waals surface area contributed by atoms with Crippen molar-refractivity contribution in [3.63, 3.8) is 0 Å². The maximum atomic E-state index is 5.64. The molecule has 0 atom stereocenters. The molecular weight excluding hydrogens is 174 g/mol. The van der Waals surface area contributed by atoms with Crippen LogP contribution in [0.2, 0.25) is 0 Å². The molecule has 1 aromatic carbocycles. The van der Waals surface area contributed by atoms with Crippen LogP contribution in [0.3, 0.4) is 0 Å². The lowest BCUT2D eigenvalue weighted by Gasteiger charge is -2.02. The predicted molar refractivity (Wildman–Crippen MR) is 58.5 cm³/mol. The summed E-state index contributed by atoms with van der Waals surface area (Å²) in [5, 5.41) is 0. The normalized spacial score (nSPS) is 10.0. The van der Waals surface area contributed by atoms with Gasteiger partial charge in [-0.2, -0.15) is 0 Å². The minimum absolute atomic E-state index is 0.666. The molecule has 0 unspecified atom stereocenters. The second-order valence-corrected chi connectivity index (χ2v) is 3.13. The summed E-state index contributed by atoms with van der Waals surface area (Å²) in [7, 11) is 0. The molecule has 1 heterocycles. The summed E-state index contributed by atoms with van der Waals surface area (Å²) in [6, 6.07) is 9.51. The molecule has 0 amide bonds. The van der Waals surface area contributed by atoms with E-state index < -0.39 is 0 Å². The Morgan fingerprint density at radius 3 is 2.14 bits per heavy atom. The highest BCUT2D eigenvalue weighted by Gasteiger charge is 1.97. The Kier molecular flexibility index (Phi) is 2.07. The molecule has 0 aliphatic rings. The molecule has 70 valence electrons. The van der Waals surface area contributed by atoms with Crippen molar-refractivity contribution in [3.8, 4) is 11.1 Å².